The molecule has 1 aromatic carbocycles. The number of aliphatic hydroxyl groups excluding tert-OH is 1. The van der Waals surface area contributed by atoms with Gasteiger partial charge in [0.05, 0.1) is 6.10 Å². The van der Waals surface area contributed by atoms with Crippen molar-refractivity contribution in [3.8, 4) is 0 Å². The number of hydrogen-bond acceptors (Lipinski definition) is 1. The lowest BCUT2D eigenvalue weighted by atomic mass is 9.69. The van der Waals surface area contributed by atoms with Crippen LogP contribution in [0.25, 0.3) is 0 Å². The molecule has 2 saturated carbocycles. The molecule has 0 bridgehead atoms. The van der Waals surface area contributed by atoms with Crippen LogP contribution in [0.3, 0.4) is 0 Å². The van der Waals surface area contributed by atoms with Crippen molar-refractivity contribution in [2.24, 2.45) is 11.8 Å². The summed E-state index contributed by atoms with van der Waals surface area (Å²) in [6, 6.07) is 4.87. The topological polar surface area (TPSA) is 20.2 Å². The maximum absolute atomic E-state index is 9.69. The van der Waals surface area contributed by atoms with Crippen LogP contribution in [-0.4, -0.2) is 11.2 Å². The summed E-state index contributed by atoms with van der Waals surface area (Å²) in [7, 11) is 0. The van der Waals surface area contributed by atoms with Crippen LogP contribution in [0.4, 0.5) is 0 Å². The second-order valence-electron chi connectivity index (χ2n) is 7.96. The molecule has 0 saturated heterocycles. The molecule has 0 aliphatic heterocycles. The lowest BCUT2D eigenvalue weighted by molar-refractivity contribution is 0.0805. The van der Waals surface area contributed by atoms with Crippen molar-refractivity contribution in [3.05, 3.63) is 34.4 Å². The number of aryl methyl sites for hydroxylation is 2. The Labute approximate surface area is 136 Å². The first-order valence-corrected chi connectivity index (χ1v) is 9.30. The van der Waals surface area contributed by atoms with Gasteiger partial charge in [-0.2, -0.15) is 0 Å². The van der Waals surface area contributed by atoms with Crippen LogP contribution in [0.1, 0.15) is 79.5 Å². The van der Waals surface area contributed by atoms with E-state index in [0.717, 1.165) is 30.6 Å². The Morgan fingerprint density at radius 1 is 0.727 bits per heavy atom. The highest BCUT2D eigenvalue weighted by molar-refractivity contribution is 5.38. The average Bonchev–Trinajstić information content (AvgIpc) is 2.53. The van der Waals surface area contributed by atoms with Crippen LogP contribution >= 0.6 is 0 Å². The van der Waals surface area contributed by atoms with Gasteiger partial charge in [0.25, 0.3) is 0 Å². The summed E-state index contributed by atoms with van der Waals surface area (Å²) < 4.78 is 0. The predicted octanol–water partition coefficient (Wildman–Crippen LogP) is 5.44. The molecule has 0 spiro atoms. The molecule has 0 unspecified atom stereocenters. The minimum Gasteiger partial charge on any atom is -0.393 e. The van der Waals surface area contributed by atoms with E-state index in [1.807, 2.05) is 0 Å². The molecule has 22 heavy (non-hydrogen) atoms. The van der Waals surface area contributed by atoms with E-state index in [1.165, 1.54) is 55.2 Å². The molecule has 1 heteroatoms. The van der Waals surface area contributed by atoms with Gasteiger partial charge in [0.2, 0.25) is 0 Å². The molecule has 2 fully saturated rings. The number of hydrogen-bond donors (Lipinski definition) is 1. The highest BCUT2D eigenvalue weighted by Gasteiger charge is 2.30. The van der Waals surface area contributed by atoms with Gasteiger partial charge in [0, 0.05) is 0 Å². The van der Waals surface area contributed by atoms with Gasteiger partial charge in [-0.1, -0.05) is 12.1 Å². The van der Waals surface area contributed by atoms with Crippen molar-refractivity contribution in [2.75, 3.05) is 0 Å². The zero-order valence-electron chi connectivity index (χ0n) is 14.6. The Bertz CT molecular complexity index is 480. The largest absolute Gasteiger partial charge is 0.393 e. The number of rotatable bonds is 2. The third-order valence-electron chi connectivity index (χ3n) is 6.60. The molecule has 0 atom stereocenters. The summed E-state index contributed by atoms with van der Waals surface area (Å²) in [6.45, 7) is 6.75. The molecule has 0 aromatic heterocycles. The lowest BCUT2D eigenvalue weighted by Crippen LogP contribution is -2.27. The van der Waals surface area contributed by atoms with E-state index >= 15 is 0 Å². The third-order valence-corrected chi connectivity index (χ3v) is 6.60. The van der Waals surface area contributed by atoms with Gasteiger partial charge in [-0.25, -0.2) is 0 Å². The smallest absolute Gasteiger partial charge is 0.0540 e. The van der Waals surface area contributed by atoms with Crippen LogP contribution in [-0.2, 0) is 0 Å². The van der Waals surface area contributed by atoms with E-state index in [0.29, 0.717) is 0 Å². The lowest BCUT2D eigenvalue weighted by Gasteiger charge is -2.37. The van der Waals surface area contributed by atoms with Crippen molar-refractivity contribution in [2.45, 2.75) is 84.2 Å². The van der Waals surface area contributed by atoms with Crippen LogP contribution in [0.5, 0.6) is 0 Å². The molecule has 3 rings (SSSR count). The molecule has 2 aliphatic rings. The summed E-state index contributed by atoms with van der Waals surface area (Å²) >= 11 is 0. The molecule has 1 N–H and O–H groups in total. The predicted molar refractivity (Wildman–Crippen MR) is 93.3 cm³/mol. The number of aliphatic hydroxyl groups is 1. The molecule has 122 valence electrons. The van der Waals surface area contributed by atoms with Gasteiger partial charge >= 0.3 is 0 Å². The fourth-order valence-electron chi connectivity index (χ4n) is 4.80. The second-order valence-corrected chi connectivity index (χ2v) is 7.96. The Morgan fingerprint density at radius 2 is 1.18 bits per heavy atom. The third kappa shape index (κ3) is 3.40. The fraction of sp³-hybridized carbons (Fsp3) is 0.714. The quantitative estimate of drug-likeness (QED) is 0.771. The Morgan fingerprint density at radius 3 is 1.68 bits per heavy atom. The van der Waals surface area contributed by atoms with Crippen LogP contribution in [0.15, 0.2) is 12.1 Å². The van der Waals surface area contributed by atoms with E-state index in [2.05, 4.69) is 32.9 Å². The minimum absolute atomic E-state index is 0.00824. The van der Waals surface area contributed by atoms with Crippen LogP contribution in [0.2, 0.25) is 0 Å². The van der Waals surface area contributed by atoms with E-state index in [9.17, 15) is 5.11 Å². The van der Waals surface area contributed by atoms with Crippen molar-refractivity contribution in [3.63, 3.8) is 0 Å². The highest BCUT2D eigenvalue weighted by Crippen LogP contribution is 2.43. The van der Waals surface area contributed by atoms with Crippen LogP contribution in [0, 0.1) is 32.6 Å². The normalized spacial score (nSPS) is 32.9. The van der Waals surface area contributed by atoms with E-state index in [1.54, 1.807) is 5.56 Å². The second kappa shape index (κ2) is 6.74. The van der Waals surface area contributed by atoms with Gasteiger partial charge in [-0.3, -0.25) is 0 Å². The van der Waals surface area contributed by atoms with Gasteiger partial charge in [-0.15, -0.1) is 0 Å². The minimum atomic E-state index is -0.00824. The molecular formula is C21H32O. The molecule has 0 amide bonds. The van der Waals surface area contributed by atoms with E-state index in [4.69, 9.17) is 0 Å². The zero-order chi connectivity index (χ0) is 15.7. The first kappa shape index (κ1) is 16.1. The van der Waals surface area contributed by atoms with Gasteiger partial charge in [0.1, 0.15) is 0 Å². The summed E-state index contributed by atoms with van der Waals surface area (Å²) in [5, 5.41) is 9.69. The van der Waals surface area contributed by atoms with Crippen LogP contribution < -0.4 is 0 Å². The first-order valence-electron chi connectivity index (χ1n) is 9.30. The fourth-order valence-corrected chi connectivity index (χ4v) is 4.80. The van der Waals surface area contributed by atoms with E-state index < -0.39 is 0 Å². The van der Waals surface area contributed by atoms with Gasteiger partial charge < -0.3 is 5.11 Å². The average molecular weight is 300 g/mol. The summed E-state index contributed by atoms with van der Waals surface area (Å²) in [6.07, 6.45) is 10.1. The van der Waals surface area contributed by atoms with Gasteiger partial charge in [0.15, 0.2) is 0 Å². The summed E-state index contributed by atoms with van der Waals surface area (Å²) in [4.78, 5) is 0. The number of benzene rings is 1. The maximum Gasteiger partial charge on any atom is 0.0540 e. The van der Waals surface area contributed by atoms with E-state index in [-0.39, 0.29) is 6.10 Å². The molecule has 2 aliphatic carbocycles. The van der Waals surface area contributed by atoms with Crippen molar-refractivity contribution >= 4 is 0 Å². The standard InChI is InChI=1S/C21H32O/c1-14-12-20(13-15(2)16(14)3)19-6-4-17(5-7-19)18-8-10-21(22)11-9-18/h12-13,17-19,21-22H,4-11H2,1-3H3. The first-order chi connectivity index (χ1) is 10.5. The Balaban J connectivity index is 1.60. The molecule has 1 aromatic rings. The summed E-state index contributed by atoms with van der Waals surface area (Å²) in [5.41, 5.74) is 5.95. The molecular weight excluding hydrogens is 268 g/mol. The highest BCUT2D eigenvalue weighted by atomic mass is 16.3. The Hall–Kier alpha value is -0.820. The monoisotopic (exact) mass is 300 g/mol. The summed E-state index contributed by atoms with van der Waals surface area (Å²) in [5.74, 6) is 2.60. The van der Waals surface area contributed by atoms with Crippen molar-refractivity contribution < 1.29 is 5.11 Å². The zero-order valence-corrected chi connectivity index (χ0v) is 14.6. The molecule has 0 heterocycles. The molecule has 0 radical (unpaired) electrons. The van der Waals surface area contributed by atoms with Crippen molar-refractivity contribution in [1.29, 1.82) is 0 Å². The Kier molecular flexibility index (Phi) is 4.92. The van der Waals surface area contributed by atoms with Crippen molar-refractivity contribution in [1.82, 2.24) is 0 Å². The maximum atomic E-state index is 9.69. The molecule has 1 nitrogen and oxygen atoms in total. The van der Waals surface area contributed by atoms with Gasteiger partial charge in [-0.05, 0) is 112 Å². The SMILES string of the molecule is Cc1cc(C2CCC(C3CCC(O)CC3)CC2)cc(C)c1C.